The van der Waals surface area contributed by atoms with Gasteiger partial charge in [-0.1, -0.05) is 57.2 Å². The van der Waals surface area contributed by atoms with Crippen LogP contribution in [-0.2, 0) is 39.8 Å². The van der Waals surface area contributed by atoms with Gasteiger partial charge in [-0.25, -0.2) is 4.79 Å². The molecule has 48 heavy (non-hydrogen) atoms. The molecule has 1 spiro atoms. The molecule has 5 rings (SSSR count). The van der Waals surface area contributed by atoms with Crippen molar-refractivity contribution in [2.75, 3.05) is 20.8 Å². The first kappa shape index (κ1) is 37.5. The summed E-state index contributed by atoms with van der Waals surface area (Å²) in [7, 11) is 3.32. The predicted octanol–water partition coefficient (Wildman–Crippen LogP) is 4.28. The smallest absolute Gasteiger partial charge is 0.475 e. The van der Waals surface area contributed by atoms with Crippen LogP contribution >= 0.6 is 0 Å². The Hall–Kier alpha value is -3.29. The fourth-order valence-electron chi connectivity index (χ4n) is 9.44. The van der Waals surface area contributed by atoms with Gasteiger partial charge in [0.05, 0.1) is 18.8 Å². The number of likely N-dealkylation sites (N-methyl/N-ethyl adjacent to an activating group) is 1. The number of carboxylic acids is 1. The Morgan fingerprint density at radius 3 is 2.29 bits per heavy atom. The van der Waals surface area contributed by atoms with Crippen molar-refractivity contribution in [2.24, 2.45) is 34.0 Å². The second-order valence-corrected chi connectivity index (χ2v) is 14.2. The molecule has 0 unspecified atom stereocenters. The van der Waals surface area contributed by atoms with E-state index >= 15 is 0 Å². The van der Waals surface area contributed by atoms with Gasteiger partial charge in [-0.2, -0.15) is 13.2 Å². The Kier molecular flexibility index (Phi) is 10.9. The summed E-state index contributed by atoms with van der Waals surface area (Å²) in [6.45, 7) is 10.1. The number of fused-ring (bicyclic) bond motifs is 3. The number of ether oxygens (including phenoxy) is 3. The van der Waals surface area contributed by atoms with E-state index in [0.717, 1.165) is 18.4 Å². The predicted molar refractivity (Wildman–Crippen MR) is 166 cm³/mol. The lowest BCUT2D eigenvalue weighted by Crippen LogP contribution is -2.72. The summed E-state index contributed by atoms with van der Waals surface area (Å²) in [4.78, 5) is 49.4. The van der Waals surface area contributed by atoms with E-state index in [0.29, 0.717) is 24.8 Å². The van der Waals surface area contributed by atoms with Crippen LogP contribution in [-0.4, -0.2) is 85.2 Å². The third-order valence-electron chi connectivity index (χ3n) is 11.3. The van der Waals surface area contributed by atoms with E-state index < -0.39 is 71.1 Å². The van der Waals surface area contributed by atoms with Crippen molar-refractivity contribution in [1.82, 2.24) is 5.32 Å². The van der Waals surface area contributed by atoms with Gasteiger partial charge in [0.1, 0.15) is 17.6 Å². The number of carbonyl (C=O) groups excluding carboxylic acids is 3. The number of hydrogen-bond donors (Lipinski definition) is 3. The number of methoxy groups -OCH3 is 1. The summed E-state index contributed by atoms with van der Waals surface area (Å²) in [5, 5.41) is 22.1. The molecule has 3 N–H and O–H groups in total. The highest BCUT2D eigenvalue weighted by molar-refractivity contribution is 6.05. The van der Waals surface area contributed by atoms with E-state index in [-0.39, 0.29) is 30.1 Å². The summed E-state index contributed by atoms with van der Waals surface area (Å²) < 4.78 is 50.1. The van der Waals surface area contributed by atoms with Gasteiger partial charge in [-0.05, 0) is 61.6 Å². The molecule has 1 aromatic rings. The van der Waals surface area contributed by atoms with Crippen LogP contribution < -0.4 is 5.32 Å². The van der Waals surface area contributed by atoms with Gasteiger partial charge in [-0.15, -0.1) is 0 Å². The van der Waals surface area contributed by atoms with Crippen LogP contribution in [0.5, 0.6) is 0 Å². The van der Waals surface area contributed by atoms with Gasteiger partial charge in [0, 0.05) is 31.3 Å². The fraction of sp³-hybridized carbons (Fsp3) is 0.657. The number of benzene rings is 1. The van der Waals surface area contributed by atoms with Crippen molar-refractivity contribution in [3.05, 3.63) is 48.0 Å². The molecule has 13 heteroatoms. The number of aliphatic carboxylic acids is 1. The number of rotatable bonds is 8. The molecule has 4 aliphatic rings. The average Bonchev–Trinajstić information content (AvgIpc) is 3.14. The van der Waals surface area contributed by atoms with Crippen molar-refractivity contribution < 1.29 is 56.8 Å². The number of nitrogens with one attached hydrogen (secondary N) is 1. The Labute approximate surface area is 278 Å². The number of aliphatic hydroxyl groups is 1. The summed E-state index contributed by atoms with van der Waals surface area (Å²) in [5.41, 5.74) is -0.761. The number of aliphatic hydroxyl groups excluding tert-OH is 1. The third-order valence-corrected chi connectivity index (χ3v) is 11.3. The van der Waals surface area contributed by atoms with Crippen LogP contribution in [0.3, 0.4) is 0 Å². The normalized spacial score (nSPS) is 34.1. The molecule has 4 fully saturated rings. The summed E-state index contributed by atoms with van der Waals surface area (Å²) in [6.07, 6.45) is -3.59. The van der Waals surface area contributed by atoms with Crippen molar-refractivity contribution in [2.45, 2.75) is 89.8 Å². The van der Waals surface area contributed by atoms with Crippen molar-refractivity contribution >= 4 is 23.7 Å². The van der Waals surface area contributed by atoms with E-state index in [1.807, 2.05) is 30.3 Å². The summed E-state index contributed by atoms with van der Waals surface area (Å²) in [5.74, 6) is -4.90. The quantitative estimate of drug-likeness (QED) is 0.268. The molecule has 0 amide bonds. The van der Waals surface area contributed by atoms with E-state index in [4.69, 9.17) is 24.1 Å². The van der Waals surface area contributed by atoms with E-state index in [1.165, 1.54) is 6.92 Å². The maximum absolute atomic E-state index is 14.5. The van der Waals surface area contributed by atoms with Crippen LogP contribution in [0.1, 0.15) is 58.4 Å². The molecule has 4 aliphatic carbocycles. The molecule has 0 aromatic heterocycles. The average molecular weight is 682 g/mol. The highest BCUT2D eigenvalue weighted by Crippen LogP contribution is 2.72. The topological polar surface area (TPSA) is 148 Å². The number of carboxylic acid groups (broad SMARTS) is 1. The molecule has 10 nitrogen and oxygen atoms in total. The number of carbonyl (C=O) groups is 4. The van der Waals surface area contributed by atoms with Crippen molar-refractivity contribution in [1.29, 1.82) is 0 Å². The minimum atomic E-state index is -5.08. The lowest BCUT2D eigenvalue weighted by molar-refractivity contribution is -0.272. The van der Waals surface area contributed by atoms with E-state index in [2.05, 4.69) is 25.7 Å². The molecular formula is C35H46F3NO9. The lowest BCUT2D eigenvalue weighted by atomic mass is 9.39. The number of ketones is 1. The summed E-state index contributed by atoms with van der Waals surface area (Å²) in [6, 6.07) is 9.09. The van der Waals surface area contributed by atoms with Gasteiger partial charge in [0.25, 0.3) is 0 Å². The van der Waals surface area contributed by atoms with Crippen LogP contribution in [0.25, 0.3) is 0 Å². The van der Waals surface area contributed by atoms with Crippen molar-refractivity contribution in [3.63, 3.8) is 0 Å². The van der Waals surface area contributed by atoms with Gasteiger partial charge in [0.2, 0.25) is 0 Å². The zero-order valence-electron chi connectivity index (χ0n) is 28.0. The zero-order chi connectivity index (χ0) is 35.8. The van der Waals surface area contributed by atoms with Crippen LogP contribution in [0.15, 0.2) is 42.5 Å². The first-order chi connectivity index (χ1) is 22.4. The van der Waals surface area contributed by atoms with Gasteiger partial charge < -0.3 is 29.7 Å². The third kappa shape index (κ3) is 6.53. The number of esters is 2. The molecule has 4 saturated carbocycles. The molecule has 0 saturated heterocycles. The van der Waals surface area contributed by atoms with E-state index in [9.17, 15) is 32.7 Å². The van der Waals surface area contributed by atoms with Crippen LogP contribution in [0.4, 0.5) is 13.2 Å². The Bertz CT molecular complexity index is 1400. The molecule has 2 bridgehead atoms. The minimum Gasteiger partial charge on any atom is -0.475 e. The number of Topliss-reactive ketones (excluding diaryl/α,β-unsaturated/α-hetero) is 1. The molecule has 0 radical (unpaired) electrons. The SMILES string of the molecule is C=C1C(=O)[C@]23[C@H](OC(=O)[C@H](Cc4ccccc4)NC)[C@H]1C[C@H](O)[C@H]2[C@]1(COC(C)=O)CCCC(C)(C)[C@H]1C[C@H]3OC.O=C(O)C(F)(F)F. The monoisotopic (exact) mass is 681 g/mol. The second-order valence-electron chi connectivity index (χ2n) is 14.2. The van der Waals surface area contributed by atoms with Gasteiger partial charge >= 0.3 is 24.1 Å². The lowest BCUT2D eigenvalue weighted by Gasteiger charge is -2.67. The first-order valence-corrected chi connectivity index (χ1v) is 16.2. The second kappa shape index (κ2) is 13.9. The maximum Gasteiger partial charge on any atom is 0.490 e. The van der Waals surface area contributed by atoms with Crippen LogP contribution in [0, 0.1) is 34.0 Å². The molecule has 9 atom stereocenters. The van der Waals surface area contributed by atoms with Crippen LogP contribution in [0.2, 0.25) is 0 Å². The summed E-state index contributed by atoms with van der Waals surface area (Å²) >= 11 is 0. The first-order valence-electron chi connectivity index (χ1n) is 16.2. The number of halogens is 3. The Morgan fingerprint density at radius 2 is 1.75 bits per heavy atom. The zero-order valence-corrected chi connectivity index (χ0v) is 28.0. The highest BCUT2D eigenvalue weighted by atomic mass is 19.4. The largest absolute Gasteiger partial charge is 0.490 e. The Morgan fingerprint density at radius 1 is 1.12 bits per heavy atom. The Balaban J connectivity index is 0.000000671. The molecular weight excluding hydrogens is 635 g/mol. The minimum absolute atomic E-state index is 0.0241. The molecule has 0 aliphatic heterocycles. The van der Waals surface area contributed by atoms with Crippen molar-refractivity contribution in [3.8, 4) is 0 Å². The molecule has 266 valence electrons. The standard InChI is InChI=1S/C33H45NO7.C2HF3O2/c1-19-22-16-24(36)27-32(18-40-20(2)35)14-10-13-31(3,4)25(32)17-26(39-6)33(27,28(19)37)29(22)41-30(38)23(34-5)15-21-11-8-7-9-12-21;3-2(4,5)1(6)7/h7-9,11-12,22-27,29,34,36H,1,10,13-18H2,2-6H3;(H,6,7)/t22-,23-,24-,25+,26+,27-,29+,32-,33+;/m0./s1. The maximum atomic E-state index is 14.5. The highest BCUT2D eigenvalue weighted by Gasteiger charge is 2.78. The van der Waals surface area contributed by atoms with E-state index in [1.54, 1.807) is 14.2 Å². The number of alkyl halides is 3. The molecule has 1 aromatic carbocycles. The fourth-order valence-corrected chi connectivity index (χ4v) is 9.44. The van der Waals surface area contributed by atoms with Gasteiger partial charge in [0.15, 0.2) is 5.78 Å². The molecule has 0 heterocycles. The van der Waals surface area contributed by atoms with Gasteiger partial charge in [-0.3, -0.25) is 14.4 Å². The number of hydrogen-bond acceptors (Lipinski definition) is 9.